The maximum Gasteiger partial charge on any atom is 0.325 e. The van der Waals surface area contributed by atoms with Gasteiger partial charge in [0.1, 0.15) is 30.0 Å². The molecule has 1 aliphatic carbocycles. The summed E-state index contributed by atoms with van der Waals surface area (Å²) < 4.78 is 20.9. The highest BCUT2D eigenvalue weighted by atomic mass is 16.5. The Morgan fingerprint density at radius 1 is 0.961 bits per heavy atom. The Morgan fingerprint density at radius 2 is 1.71 bits per heavy atom. The summed E-state index contributed by atoms with van der Waals surface area (Å²) in [5, 5.41) is 17.2. The van der Waals surface area contributed by atoms with E-state index in [0.29, 0.717) is 44.5 Å². The summed E-state index contributed by atoms with van der Waals surface area (Å²) >= 11 is 0. The summed E-state index contributed by atoms with van der Waals surface area (Å²) in [4.78, 5) is 70.5. The van der Waals surface area contributed by atoms with Crippen LogP contribution in [0.25, 0.3) is 33.3 Å². The average Bonchev–Trinajstić information content (AvgIpc) is 3.91. The molecule has 6 heterocycles. The number of phenols is 1. The van der Waals surface area contributed by atoms with Crippen molar-refractivity contribution in [1.82, 2.24) is 35.1 Å². The molecule has 5 aromatic rings. The normalized spacial score (nSPS) is 23.4. The first-order chi connectivity index (χ1) is 36.9. The van der Waals surface area contributed by atoms with Gasteiger partial charge in [0.25, 0.3) is 11.8 Å². The third-order valence-electron chi connectivity index (χ3n) is 17.2. The lowest BCUT2D eigenvalue weighted by Gasteiger charge is -2.40. The lowest BCUT2D eigenvalue weighted by molar-refractivity contribution is -0.159. The Morgan fingerprint density at radius 3 is 2.42 bits per heavy atom. The molecule has 16 nitrogen and oxygen atoms in total. The second-order valence-electron chi connectivity index (χ2n) is 23.6. The number of pyridine rings is 1. The number of rotatable bonds is 11. The molecular formula is C61H78N8O8. The number of aromatic hydroxyl groups is 1. The van der Waals surface area contributed by atoms with Gasteiger partial charge in [0.05, 0.1) is 36.0 Å². The van der Waals surface area contributed by atoms with Crippen LogP contribution in [0.4, 0.5) is 5.69 Å². The van der Waals surface area contributed by atoms with Crippen LogP contribution in [-0.4, -0.2) is 145 Å². The number of likely N-dealkylation sites (N-methyl/N-ethyl adjacent to an activating group) is 2. The molecule has 4 fully saturated rings. The van der Waals surface area contributed by atoms with E-state index in [-0.39, 0.29) is 48.0 Å². The third-order valence-corrected chi connectivity index (χ3v) is 17.2. The first kappa shape index (κ1) is 54.0. The molecule has 0 unspecified atom stereocenters. The van der Waals surface area contributed by atoms with Crippen molar-refractivity contribution in [3.63, 3.8) is 0 Å². The van der Waals surface area contributed by atoms with E-state index in [1.807, 2.05) is 63.4 Å². The number of aromatic nitrogens is 2. The number of hydrazine groups is 1. The number of phenolic OH excluding ortho intramolecular Hbond substituents is 1. The van der Waals surface area contributed by atoms with Gasteiger partial charge in [-0.3, -0.25) is 29.2 Å². The molecule has 5 aliphatic rings. The van der Waals surface area contributed by atoms with E-state index in [9.17, 15) is 19.5 Å². The molecular weight excluding hydrogens is 973 g/mol. The summed E-state index contributed by atoms with van der Waals surface area (Å²) in [7, 11) is 5.49. The first-order valence-electron chi connectivity index (χ1n) is 27.8. The number of ether oxygens (including phenoxy) is 3. The van der Waals surface area contributed by atoms with E-state index >= 15 is 4.79 Å². The number of nitrogens with zero attached hydrogens (tertiary/aromatic N) is 6. The van der Waals surface area contributed by atoms with Crippen LogP contribution >= 0.6 is 0 Å². The van der Waals surface area contributed by atoms with Gasteiger partial charge in [-0.15, -0.1) is 0 Å². The maximum absolute atomic E-state index is 15.2. The number of amides is 3. The van der Waals surface area contributed by atoms with E-state index in [1.54, 1.807) is 26.3 Å². The van der Waals surface area contributed by atoms with Crippen LogP contribution in [0.5, 0.6) is 5.75 Å². The van der Waals surface area contributed by atoms with Crippen LogP contribution in [-0.2, 0) is 52.8 Å². The van der Waals surface area contributed by atoms with E-state index in [4.69, 9.17) is 19.2 Å². The maximum atomic E-state index is 15.2. The Kier molecular flexibility index (Phi) is 15.3. The van der Waals surface area contributed by atoms with Crippen LogP contribution in [0.15, 0.2) is 79.0 Å². The fourth-order valence-corrected chi connectivity index (χ4v) is 12.6. The van der Waals surface area contributed by atoms with Gasteiger partial charge in [0.15, 0.2) is 0 Å². The molecule has 1 saturated carbocycles. The van der Waals surface area contributed by atoms with Crippen molar-refractivity contribution in [2.24, 2.45) is 16.7 Å². The Labute approximate surface area is 453 Å². The molecule has 410 valence electrons. The van der Waals surface area contributed by atoms with Crippen LogP contribution in [0.1, 0.15) is 102 Å². The number of piperazine rings is 1. The molecule has 4 aliphatic heterocycles. The SMILES string of the molecule is CCn1c(-c2cc(N3CCN(C)CC3)cnc2[C@H](C)OC)c2c3cc(ccc31)-c1cc(O)cc(c1)C[C@H](NC(=O)[C@H](C(C)C)N(C)C(=O)[C@@H]1OCC[C@@H]1c1ccccc1)C(=O)N1CCC3(CC3)[C@H](N1)C(=O)OCC(C)(C)C2. The number of methoxy groups -OCH3 is 1. The molecule has 10 rings (SSSR count). The zero-order chi connectivity index (χ0) is 54.5. The minimum atomic E-state index is -1.16. The molecule has 3 N–H and O–H groups in total. The molecule has 77 heavy (non-hydrogen) atoms. The molecule has 16 heteroatoms. The molecule has 0 radical (unpaired) electrons. The Bertz CT molecular complexity index is 3020. The average molecular weight is 1050 g/mol. The molecule has 6 atom stereocenters. The van der Waals surface area contributed by atoms with Gasteiger partial charge in [-0.1, -0.05) is 70.2 Å². The highest BCUT2D eigenvalue weighted by Crippen LogP contribution is 2.54. The Hall–Kier alpha value is -6.33. The standard InChI is InChI=1S/C61H78N8O8/c1-10-68-50-17-16-41-32-46(50)48(53(68)47-33-43(35-62-51(47)38(4)75-9)67-25-23-65(7)24-26-67)34-60(5,6)36-77-59(74)55-61(19-20-61)21-22-69(64-55)57(72)49(30-39-28-42(41)31-44(70)29-39)63-56(71)52(37(2)3)66(8)58(73)54-45(18-27-76-54)40-14-12-11-13-15-40/h11-17,28-29,31-33,35,37-38,45,49,52,54-55,64,70H,10,18-27,30,34,36H2,1-9H3,(H,63,71)/t38-,45+,49-,52-,54+,55+/m0/s1. The van der Waals surface area contributed by atoms with E-state index < -0.39 is 47.4 Å². The number of esters is 1. The molecule has 3 aromatic carbocycles. The summed E-state index contributed by atoms with van der Waals surface area (Å²) in [6, 6.07) is 20.9. The zero-order valence-electron chi connectivity index (χ0n) is 46.4. The zero-order valence-corrected chi connectivity index (χ0v) is 46.4. The highest BCUT2D eigenvalue weighted by Gasteiger charge is 2.57. The number of cyclic esters (lactones) is 1. The lowest BCUT2D eigenvalue weighted by Crippen LogP contribution is -2.64. The number of anilines is 1. The van der Waals surface area contributed by atoms with Gasteiger partial charge >= 0.3 is 5.97 Å². The first-order valence-corrected chi connectivity index (χ1v) is 27.8. The van der Waals surface area contributed by atoms with Gasteiger partial charge in [-0.2, -0.15) is 0 Å². The van der Waals surface area contributed by atoms with Crippen LogP contribution in [0, 0.1) is 16.7 Å². The number of hydrogen-bond donors (Lipinski definition) is 3. The van der Waals surface area contributed by atoms with Crippen LogP contribution in [0.2, 0.25) is 0 Å². The fourth-order valence-electron chi connectivity index (χ4n) is 12.6. The summed E-state index contributed by atoms with van der Waals surface area (Å²) in [6.07, 6.45) is 4.31. The molecule has 3 amide bonds. The van der Waals surface area contributed by atoms with E-state index in [0.717, 1.165) is 94.8 Å². The predicted octanol–water partition coefficient (Wildman–Crippen LogP) is 7.65. The topological polar surface area (TPSA) is 171 Å². The van der Waals surface area contributed by atoms with Crippen molar-refractivity contribution in [3.8, 4) is 28.1 Å². The van der Waals surface area contributed by atoms with Gasteiger partial charge in [-0.05, 0) is 122 Å². The number of hydrogen-bond acceptors (Lipinski definition) is 12. The van der Waals surface area contributed by atoms with Gasteiger partial charge in [0.2, 0.25) is 5.91 Å². The summed E-state index contributed by atoms with van der Waals surface area (Å²) in [6.45, 7) is 17.4. The van der Waals surface area contributed by atoms with Crippen LogP contribution < -0.4 is 15.6 Å². The quantitative estimate of drug-likeness (QED) is 0.111. The van der Waals surface area contributed by atoms with Crippen LogP contribution in [0.3, 0.4) is 0 Å². The van der Waals surface area contributed by atoms with Crippen molar-refractivity contribution in [2.45, 2.75) is 123 Å². The number of carbonyl (C=O) groups excluding carboxylic acids is 4. The summed E-state index contributed by atoms with van der Waals surface area (Å²) in [5.41, 5.74) is 11.6. The monoisotopic (exact) mass is 1050 g/mol. The molecule has 1 spiro atoms. The van der Waals surface area contributed by atoms with Gasteiger partial charge in [0, 0.05) is 94.3 Å². The largest absolute Gasteiger partial charge is 0.508 e. The van der Waals surface area contributed by atoms with E-state index in [1.165, 1.54) is 9.91 Å². The summed E-state index contributed by atoms with van der Waals surface area (Å²) in [5.74, 6) is -2.18. The van der Waals surface area contributed by atoms with Crippen molar-refractivity contribution in [2.75, 3.05) is 72.0 Å². The Balaban J connectivity index is 1.06. The fraction of sp³-hybridized carbons (Fsp3) is 0.525. The van der Waals surface area contributed by atoms with Crippen molar-refractivity contribution in [3.05, 3.63) is 101 Å². The van der Waals surface area contributed by atoms with Crippen molar-refractivity contribution >= 4 is 40.3 Å². The molecule has 3 saturated heterocycles. The highest BCUT2D eigenvalue weighted by molar-refractivity contribution is 5.96. The number of benzene rings is 3. The van der Waals surface area contributed by atoms with E-state index in [2.05, 4.69) is 77.2 Å². The third kappa shape index (κ3) is 10.8. The minimum Gasteiger partial charge on any atom is -0.508 e. The smallest absolute Gasteiger partial charge is 0.325 e. The number of carbonyl (C=O) groups is 4. The van der Waals surface area contributed by atoms with Gasteiger partial charge < -0.3 is 43.9 Å². The predicted molar refractivity (Wildman–Crippen MR) is 297 cm³/mol. The van der Waals surface area contributed by atoms with Crippen molar-refractivity contribution in [1.29, 1.82) is 0 Å². The second-order valence-corrected chi connectivity index (χ2v) is 23.6. The molecule has 2 aromatic heterocycles. The molecule has 6 bridgehead atoms. The van der Waals surface area contributed by atoms with Crippen molar-refractivity contribution < 1.29 is 38.5 Å². The number of aryl methyl sites for hydroxylation is 1. The minimum absolute atomic E-state index is 0.00382. The lowest BCUT2D eigenvalue weighted by atomic mass is 9.83. The van der Waals surface area contributed by atoms with Gasteiger partial charge in [-0.25, -0.2) is 5.43 Å². The number of fused-ring (bicyclic) bond motifs is 7. The number of nitrogens with one attached hydrogen (secondary N) is 2. The second kappa shape index (κ2) is 21.8.